The number of piperidine rings is 1. The molecule has 0 bridgehead atoms. The van der Waals surface area contributed by atoms with Crippen LogP contribution < -0.4 is 5.32 Å². The quantitative estimate of drug-likeness (QED) is 0.829. The third kappa shape index (κ3) is 2.63. The summed E-state index contributed by atoms with van der Waals surface area (Å²) in [6, 6.07) is 0.257. The highest BCUT2D eigenvalue weighted by Gasteiger charge is 2.44. The first-order chi connectivity index (χ1) is 9.60. The SMILES string of the molecule is CC1CCN(S(=O)(=O)N2CCNCC2)C2CCCCC12. The van der Waals surface area contributed by atoms with Crippen LogP contribution in [0.5, 0.6) is 0 Å². The van der Waals surface area contributed by atoms with Crippen molar-refractivity contribution < 1.29 is 8.42 Å². The van der Waals surface area contributed by atoms with Crippen LogP contribution in [0.15, 0.2) is 0 Å². The van der Waals surface area contributed by atoms with Crippen LogP contribution in [-0.2, 0) is 10.2 Å². The highest BCUT2D eigenvalue weighted by atomic mass is 32.2. The molecule has 116 valence electrons. The Balaban J connectivity index is 1.80. The van der Waals surface area contributed by atoms with Crippen LogP contribution in [0.25, 0.3) is 0 Å². The molecule has 0 amide bonds. The van der Waals surface area contributed by atoms with Crippen molar-refractivity contribution >= 4 is 10.2 Å². The second kappa shape index (κ2) is 5.91. The Morgan fingerprint density at radius 2 is 1.70 bits per heavy atom. The van der Waals surface area contributed by atoms with Crippen LogP contribution in [0.3, 0.4) is 0 Å². The molecule has 1 saturated carbocycles. The zero-order chi connectivity index (χ0) is 14.2. The first-order valence-electron chi connectivity index (χ1n) is 8.08. The van der Waals surface area contributed by atoms with Gasteiger partial charge in [-0.05, 0) is 31.1 Å². The highest BCUT2D eigenvalue weighted by Crippen LogP contribution is 2.40. The Labute approximate surface area is 122 Å². The zero-order valence-electron chi connectivity index (χ0n) is 12.4. The molecule has 0 aromatic rings. The average Bonchev–Trinajstić information content (AvgIpc) is 2.48. The molecule has 1 aliphatic carbocycles. The Hall–Kier alpha value is -0.170. The van der Waals surface area contributed by atoms with Gasteiger partial charge in [-0.3, -0.25) is 0 Å². The van der Waals surface area contributed by atoms with E-state index in [9.17, 15) is 8.42 Å². The fourth-order valence-corrected chi connectivity index (χ4v) is 6.06. The van der Waals surface area contributed by atoms with E-state index in [1.54, 1.807) is 4.31 Å². The molecule has 2 saturated heterocycles. The molecule has 20 heavy (non-hydrogen) atoms. The minimum absolute atomic E-state index is 0.257. The van der Waals surface area contributed by atoms with Crippen molar-refractivity contribution in [2.45, 2.75) is 45.1 Å². The highest BCUT2D eigenvalue weighted by molar-refractivity contribution is 7.86. The third-order valence-corrected chi connectivity index (χ3v) is 7.45. The summed E-state index contributed by atoms with van der Waals surface area (Å²) in [5.41, 5.74) is 0. The largest absolute Gasteiger partial charge is 0.314 e. The van der Waals surface area contributed by atoms with Crippen LogP contribution in [-0.4, -0.2) is 55.8 Å². The van der Waals surface area contributed by atoms with Gasteiger partial charge in [0.15, 0.2) is 0 Å². The van der Waals surface area contributed by atoms with E-state index >= 15 is 0 Å². The molecule has 3 aliphatic rings. The molecule has 5 nitrogen and oxygen atoms in total. The topological polar surface area (TPSA) is 52.7 Å². The predicted octanol–water partition coefficient (Wildman–Crippen LogP) is 1.04. The molecule has 3 unspecified atom stereocenters. The van der Waals surface area contributed by atoms with Gasteiger partial charge in [0.2, 0.25) is 0 Å². The standard InChI is InChI=1S/C14H27N3O2S/c1-12-6-9-17(14-5-3-2-4-13(12)14)20(18,19)16-10-7-15-8-11-16/h12-15H,2-11H2,1H3. The molecule has 0 radical (unpaired) electrons. The van der Waals surface area contributed by atoms with Gasteiger partial charge in [-0.25, -0.2) is 0 Å². The molecule has 3 atom stereocenters. The van der Waals surface area contributed by atoms with Gasteiger partial charge in [0.25, 0.3) is 10.2 Å². The van der Waals surface area contributed by atoms with E-state index in [0.717, 1.165) is 25.9 Å². The van der Waals surface area contributed by atoms with Gasteiger partial charge in [0, 0.05) is 38.8 Å². The first kappa shape index (κ1) is 14.8. The van der Waals surface area contributed by atoms with Gasteiger partial charge < -0.3 is 5.32 Å². The summed E-state index contributed by atoms with van der Waals surface area (Å²) in [6.45, 7) is 5.80. The summed E-state index contributed by atoms with van der Waals surface area (Å²) >= 11 is 0. The molecule has 2 heterocycles. The van der Waals surface area contributed by atoms with E-state index in [0.29, 0.717) is 31.5 Å². The van der Waals surface area contributed by atoms with E-state index in [2.05, 4.69) is 12.2 Å². The Morgan fingerprint density at radius 3 is 2.45 bits per heavy atom. The van der Waals surface area contributed by atoms with Crippen LogP contribution in [0.1, 0.15) is 39.0 Å². The van der Waals surface area contributed by atoms with E-state index < -0.39 is 10.2 Å². The maximum atomic E-state index is 12.9. The zero-order valence-corrected chi connectivity index (χ0v) is 13.2. The molecule has 6 heteroatoms. The molecule has 0 aromatic carbocycles. The van der Waals surface area contributed by atoms with E-state index in [1.165, 1.54) is 19.3 Å². The summed E-state index contributed by atoms with van der Waals surface area (Å²) in [7, 11) is -3.25. The third-order valence-electron chi connectivity index (χ3n) is 5.39. The number of rotatable bonds is 2. The molecule has 0 spiro atoms. The van der Waals surface area contributed by atoms with Gasteiger partial charge in [-0.15, -0.1) is 0 Å². The Kier molecular flexibility index (Phi) is 4.36. The summed E-state index contributed by atoms with van der Waals surface area (Å²) in [5.74, 6) is 1.25. The van der Waals surface area contributed by atoms with Crippen molar-refractivity contribution in [2.24, 2.45) is 11.8 Å². The summed E-state index contributed by atoms with van der Waals surface area (Å²) in [5, 5.41) is 3.23. The van der Waals surface area contributed by atoms with Crippen molar-refractivity contribution in [3.63, 3.8) is 0 Å². The smallest absolute Gasteiger partial charge is 0.282 e. The van der Waals surface area contributed by atoms with Crippen LogP contribution in [0.4, 0.5) is 0 Å². The first-order valence-corrected chi connectivity index (χ1v) is 9.48. The number of nitrogens with one attached hydrogen (secondary N) is 1. The van der Waals surface area contributed by atoms with Gasteiger partial charge >= 0.3 is 0 Å². The maximum absolute atomic E-state index is 12.9. The van der Waals surface area contributed by atoms with Crippen molar-refractivity contribution in [2.75, 3.05) is 32.7 Å². The van der Waals surface area contributed by atoms with Crippen LogP contribution in [0.2, 0.25) is 0 Å². The second-order valence-electron chi connectivity index (χ2n) is 6.55. The van der Waals surface area contributed by atoms with Gasteiger partial charge in [-0.1, -0.05) is 19.8 Å². The summed E-state index contributed by atoms with van der Waals surface area (Å²) < 4.78 is 29.4. The molecule has 2 aliphatic heterocycles. The summed E-state index contributed by atoms with van der Waals surface area (Å²) in [4.78, 5) is 0. The van der Waals surface area contributed by atoms with E-state index in [1.807, 2.05) is 4.31 Å². The maximum Gasteiger partial charge on any atom is 0.282 e. The lowest BCUT2D eigenvalue weighted by molar-refractivity contribution is 0.0771. The summed E-state index contributed by atoms with van der Waals surface area (Å²) in [6.07, 6.45) is 5.74. The lowest BCUT2D eigenvalue weighted by atomic mass is 9.74. The number of hydrogen-bond acceptors (Lipinski definition) is 3. The Bertz CT molecular complexity index is 434. The number of fused-ring (bicyclic) bond motifs is 1. The van der Waals surface area contributed by atoms with Gasteiger partial charge in [0.05, 0.1) is 0 Å². The molecule has 0 aromatic heterocycles. The van der Waals surface area contributed by atoms with Crippen molar-refractivity contribution in [3.05, 3.63) is 0 Å². The van der Waals surface area contributed by atoms with Crippen molar-refractivity contribution in [1.29, 1.82) is 0 Å². The van der Waals surface area contributed by atoms with Crippen molar-refractivity contribution in [1.82, 2.24) is 13.9 Å². The lowest BCUT2D eigenvalue weighted by Gasteiger charge is -2.47. The van der Waals surface area contributed by atoms with Crippen LogP contribution >= 0.6 is 0 Å². The minimum atomic E-state index is -3.25. The lowest BCUT2D eigenvalue weighted by Crippen LogP contribution is -2.58. The van der Waals surface area contributed by atoms with Gasteiger partial charge in [-0.2, -0.15) is 17.0 Å². The number of nitrogens with zero attached hydrogens (tertiary/aromatic N) is 2. The van der Waals surface area contributed by atoms with Crippen LogP contribution in [0, 0.1) is 11.8 Å². The fraction of sp³-hybridized carbons (Fsp3) is 1.00. The Morgan fingerprint density at radius 1 is 1.00 bits per heavy atom. The molecular formula is C14H27N3O2S. The molecule has 1 N–H and O–H groups in total. The second-order valence-corrected chi connectivity index (χ2v) is 8.43. The molecule has 3 rings (SSSR count). The van der Waals surface area contributed by atoms with Gasteiger partial charge in [0.1, 0.15) is 0 Å². The minimum Gasteiger partial charge on any atom is -0.314 e. The normalized spacial score (nSPS) is 37.5. The molecule has 3 fully saturated rings. The monoisotopic (exact) mass is 301 g/mol. The van der Waals surface area contributed by atoms with E-state index in [-0.39, 0.29) is 6.04 Å². The van der Waals surface area contributed by atoms with Crippen molar-refractivity contribution in [3.8, 4) is 0 Å². The molecular weight excluding hydrogens is 274 g/mol. The fourth-order valence-electron chi connectivity index (χ4n) is 4.18. The average molecular weight is 301 g/mol. The predicted molar refractivity (Wildman–Crippen MR) is 79.6 cm³/mol. The van der Waals surface area contributed by atoms with E-state index in [4.69, 9.17) is 0 Å². The number of piperazine rings is 1. The number of hydrogen-bond donors (Lipinski definition) is 1.